The van der Waals surface area contributed by atoms with E-state index in [4.69, 9.17) is 0 Å². The molecule has 6 nitrogen and oxygen atoms in total. The van der Waals surface area contributed by atoms with E-state index in [0.717, 1.165) is 19.3 Å². The maximum atomic E-state index is 12.0. The van der Waals surface area contributed by atoms with E-state index in [2.05, 4.69) is 12.2 Å². The Kier molecular flexibility index (Phi) is 8.67. The molecular weight excluding hydrogens is 322 g/mol. The van der Waals surface area contributed by atoms with Crippen molar-refractivity contribution in [3.05, 3.63) is 29.8 Å². The van der Waals surface area contributed by atoms with E-state index in [1.165, 1.54) is 24.3 Å². The number of anilines is 1. The maximum absolute atomic E-state index is 12.0. The summed E-state index contributed by atoms with van der Waals surface area (Å²) < 4.78 is 0. The van der Waals surface area contributed by atoms with Gasteiger partial charge in [-0.3, -0.25) is 4.79 Å². The molecule has 0 heterocycles. The molecule has 1 N–H and O–H groups in total. The first-order chi connectivity index (χ1) is 11.8. The van der Waals surface area contributed by atoms with Crippen LogP contribution in [0.15, 0.2) is 24.3 Å². The van der Waals surface area contributed by atoms with Crippen LogP contribution in [0.25, 0.3) is 0 Å². The first kappa shape index (κ1) is 20.7. The zero-order valence-electron chi connectivity index (χ0n) is 14.7. The highest BCUT2D eigenvalue weighted by Gasteiger charge is 2.19. The number of carboxylic acids is 2. The zero-order chi connectivity index (χ0) is 18.8. The fraction of sp³-hybridized carbons (Fsp3) is 0.526. The second kappa shape index (κ2) is 10.5. The minimum atomic E-state index is -1.27. The van der Waals surface area contributed by atoms with Gasteiger partial charge in [-0.2, -0.15) is 0 Å². The predicted octanol–water partition coefficient (Wildman–Crippen LogP) is 1.35. The van der Waals surface area contributed by atoms with Crippen molar-refractivity contribution >= 4 is 23.5 Å². The van der Waals surface area contributed by atoms with E-state index < -0.39 is 17.9 Å². The molecule has 1 aromatic carbocycles. The highest BCUT2D eigenvalue weighted by Crippen LogP contribution is 2.23. The molecule has 0 aliphatic heterocycles. The van der Waals surface area contributed by atoms with Crippen molar-refractivity contribution < 1.29 is 24.6 Å². The van der Waals surface area contributed by atoms with Crippen molar-refractivity contribution in [3.63, 3.8) is 0 Å². The Labute approximate surface area is 148 Å². The quantitative estimate of drug-likeness (QED) is 0.608. The number of amides is 1. The Balaban J connectivity index is 2.47. The molecule has 2 atom stereocenters. The third-order valence-electron chi connectivity index (χ3n) is 4.34. The molecule has 0 aliphatic carbocycles. The standard InChI is InChI=1S/C19H27NO5/c1-3-4-5-6-16(19(24)25)13(2)7-12-17(21)20-15-10-8-14(9-11-15)18(22)23/h8-11,13,16H,3-7,12H2,1-2H3,(H,20,21)(H,22,23)(H,24,25)/p-2/t13-,16-/m1/s1. The van der Waals surface area contributed by atoms with Gasteiger partial charge in [0.15, 0.2) is 0 Å². The average Bonchev–Trinajstić information content (AvgIpc) is 2.56. The second-order valence-corrected chi connectivity index (χ2v) is 6.35. The van der Waals surface area contributed by atoms with E-state index in [1.807, 2.05) is 6.92 Å². The van der Waals surface area contributed by atoms with E-state index in [1.54, 1.807) is 0 Å². The Bertz CT molecular complexity index is 582. The second-order valence-electron chi connectivity index (χ2n) is 6.35. The predicted molar refractivity (Wildman–Crippen MR) is 90.4 cm³/mol. The summed E-state index contributed by atoms with van der Waals surface area (Å²) in [6.45, 7) is 3.88. The summed E-state index contributed by atoms with van der Waals surface area (Å²) in [5, 5.41) is 24.6. The molecule has 138 valence electrons. The van der Waals surface area contributed by atoms with Gasteiger partial charge < -0.3 is 25.1 Å². The summed E-state index contributed by atoms with van der Waals surface area (Å²) in [4.78, 5) is 34.0. The van der Waals surface area contributed by atoms with Crippen molar-refractivity contribution in [2.24, 2.45) is 11.8 Å². The Morgan fingerprint density at radius 2 is 1.68 bits per heavy atom. The molecule has 0 radical (unpaired) electrons. The van der Waals surface area contributed by atoms with Crippen LogP contribution in [0.3, 0.4) is 0 Å². The third kappa shape index (κ3) is 7.37. The number of benzene rings is 1. The maximum Gasteiger partial charge on any atom is 0.224 e. The van der Waals surface area contributed by atoms with E-state index >= 15 is 0 Å². The van der Waals surface area contributed by atoms with Gasteiger partial charge in [-0.05, 0) is 36.5 Å². The van der Waals surface area contributed by atoms with Crippen molar-refractivity contribution in [1.82, 2.24) is 0 Å². The van der Waals surface area contributed by atoms with E-state index in [-0.39, 0.29) is 23.8 Å². The van der Waals surface area contributed by atoms with Gasteiger partial charge in [0.2, 0.25) is 5.91 Å². The SMILES string of the molecule is CCCCC[C@@H](C(=O)[O-])[C@H](C)CCC(=O)Nc1ccc(C(=O)[O-])cc1. The molecule has 1 amide bonds. The van der Waals surface area contributed by atoms with Crippen LogP contribution in [0.2, 0.25) is 0 Å². The summed E-state index contributed by atoms with van der Waals surface area (Å²) >= 11 is 0. The van der Waals surface area contributed by atoms with Crippen LogP contribution in [0.4, 0.5) is 5.69 Å². The minimum Gasteiger partial charge on any atom is -0.550 e. The number of hydrogen-bond donors (Lipinski definition) is 1. The fourth-order valence-corrected chi connectivity index (χ4v) is 2.72. The van der Waals surface area contributed by atoms with Crippen LogP contribution in [0.5, 0.6) is 0 Å². The number of nitrogens with one attached hydrogen (secondary N) is 1. The molecule has 1 rings (SSSR count). The smallest absolute Gasteiger partial charge is 0.224 e. The Hall–Kier alpha value is -2.37. The molecule has 0 saturated carbocycles. The van der Waals surface area contributed by atoms with Gasteiger partial charge in [-0.1, -0.05) is 45.2 Å². The highest BCUT2D eigenvalue weighted by atomic mass is 16.4. The van der Waals surface area contributed by atoms with Crippen molar-refractivity contribution in [1.29, 1.82) is 0 Å². The summed E-state index contributed by atoms with van der Waals surface area (Å²) in [7, 11) is 0. The van der Waals surface area contributed by atoms with Gasteiger partial charge in [-0.15, -0.1) is 0 Å². The molecule has 25 heavy (non-hydrogen) atoms. The average molecular weight is 347 g/mol. The first-order valence-corrected chi connectivity index (χ1v) is 8.67. The van der Waals surface area contributed by atoms with Crippen LogP contribution < -0.4 is 15.5 Å². The fourth-order valence-electron chi connectivity index (χ4n) is 2.72. The van der Waals surface area contributed by atoms with Crippen LogP contribution >= 0.6 is 0 Å². The Morgan fingerprint density at radius 1 is 1.04 bits per heavy atom. The molecule has 0 saturated heterocycles. The number of unbranched alkanes of at least 4 members (excludes halogenated alkanes) is 2. The van der Waals surface area contributed by atoms with Crippen LogP contribution in [0, 0.1) is 11.8 Å². The lowest BCUT2D eigenvalue weighted by Gasteiger charge is -2.24. The van der Waals surface area contributed by atoms with Crippen LogP contribution in [-0.4, -0.2) is 17.8 Å². The number of hydrogen-bond acceptors (Lipinski definition) is 5. The van der Waals surface area contributed by atoms with Gasteiger partial charge in [0.1, 0.15) is 0 Å². The van der Waals surface area contributed by atoms with Crippen LogP contribution in [0.1, 0.15) is 62.7 Å². The monoisotopic (exact) mass is 347 g/mol. The molecular formula is C19H25NO5-2. The summed E-state index contributed by atoms with van der Waals surface area (Å²) in [5.74, 6) is -3.25. The number of carboxylic acid groups (broad SMARTS) is 2. The highest BCUT2D eigenvalue weighted by molar-refractivity contribution is 5.92. The number of aliphatic carboxylic acids is 1. The summed E-state index contributed by atoms with van der Waals surface area (Å²) in [6.07, 6.45) is 4.07. The van der Waals surface area contributed by atoms with Gasteiger partial charge in [0.05, 0.1) is 5.97 Å². The van der Waals surface area contributed by atoms with Gasteiger partial charge in [0.25, 0.3) is 0 Å². The van der Waals surface area contributed by atoms with Crippen LogP contribution in [-0.2, 0) is 9.59 Å². The van der Waals surface area contributed by atoms with E-state index in [0.29, 0.717) is 18.5 Å². The summed E-state index contributed by atoms with van der Waals surface area (Å²) in [6, 6.07) is 5.68. The minimum absolute atomic E-state index is 0.0375. The molecule has 6 heteroatoms. The lowest BCUT2D eigenvalue weighted by atomic mass is 9.86. The number of rotatable bonds is 11. The molecule has 0 spiro atoms. The van der Waals surface area contributed by atoms with Gasteiger partial charge in [-0.25, -0.2) is 0 Å². The van der Waals surface area contributed by atoms with Crippen molar-refractivity contribution in [2.75, 3.05) is 5.32 Å². The Morgan fingerprint density at radius 3 is 2.20 bits per heavy atom. The largest absolute Gasteiger partial charge is 0.550 e. The third-order valence-corrected chi connectivity index (χ3v) is 4.34. The van der Waals surface area contributed by atoms with Gasteiger partial charge in [0, 0.05) is 24.0 Å². The number of carbonyl (C=O) groups is 3. The molecule has 0 aliphatic rings. The van der Waals surface area contributed by atoms with E-state index in [9.17, 15) is 24.6 Å². The lowest BCUT2D eigenvalue weighted by Crippen LogP contribution is -2.35. The van der Waals surface area contributed by atoms with Crippen molar-refractivity contribution in [3.8, 4) is 0 Å². The zero-order valence-corrected chi connectivity index (χ0v) is 14.7. The number of aromatic carboxylic acids is 1. The van der Waals surface area contributed by atoms with Crippen molar-refractivity contribution in [2.45, 2.75) is 52.4 Å². The molecule has 0 fully saturated rings. The topological polar surface area (TPSA) is 109 Å². The first-order valence-electron chi connectivity index (χ1n) is 8.67. The summed E-state index contributed by atoms with van der Waals surface area (Å²) in [5.41, 5.74) is 0.526. The normalized spacial score (nSPS) is 13.0. The molecule has 0 aromatic heterocycles. The molecule has 0 bridgehead atoms. The molecule has 1 aromatic rings. The lowest BCUT2D eigenvalue weighted by molar-refractivity contribution is -0.313. The number of carbonyl (C=O) groups excluding carboxylic acids is 3. The van der Waals surface area contributed by atoms with Gasteiger partial charge >= 0.3 is 0 Å². The molecule has 0 unspecified atom stereocenters.